The maximum Gasteiger partial charge on any atom is 0.295 e. The Morgan fingerprint density at radius 2 is 1.46 bits per heavy atom. The summed E-state index contributed by atoms with van der Waals surface area (Å²) in [7, 11) is 0. The van der Waals surface area contributed by atoms with Gasteiger partial charge in [0.25, 0.3) is 5.09 Å². The van der Waals surface area contributed by atoms with Crippen LogP contribution in [0, 0.1) is 10.1 Å². The number of hydrogen-bond acceptors (Lipinski definition) is 7. The Balaban J connectivity index is 1.57. The average molecular weight is 394 g/mol. The fraction of sp³-hybridized carbons (Fsp3) is 0.125. The lowest BCUT2D eigenvalue weighted by Crippen LogP contribution is -2.06. The SMILES string of the molecule is CC(O[N+](=O)[O-])c1ccc2c(c1)SC(=C1Sc3ccccc3S1)S2. The second kappa shape index (κ2) is 6.59. The summed E-state index contributed by atoms with van der Waals surface area (Å²) in [6, 6.07) is 14.3. The van der Waals surface area contributed by atoms with Crippen molar-refractivity contribution < 1.29 is 9.92 Å². The average Bonchev–Trinajstić information content (AvgIpc) is 3.17. The predicted octanol–water partition coefficient (Wildman–Crippen LogP) is 6.18. The van der Waals surface area contributed by atoms with Gasteiger partial charge in [0.15, 0.2) is 0 Å². The first-order chi connectivity index (χ1) is 11.6. The molecule has 2 aliphatic heterocycles. The largest absolute Gasteiger partial charge is 0.306 e. The molecule has 0 saturated heterocycles. The lowest BCUT2D eigenvalue weighted by atomic mass is 10.1. The number of nitrogens with zero attached hydrogens (tertiary/aromatic N) is 1. The summed E-state index contributed by atoms with van der Waals surface area (Å²) >= 11 is 7.11. The number of benzene rings is 2. The van der Waals surface area contributed by atoms with Gasteiger partial charge in [0.1, 0.15) is 6.10 Å². The van der Waals surface area contributed by atoms with Crippen molar-refractivity contribution in [2.75, 3.05) is 0 Å². The Hall–Kier alpha value is -1.22. The smallest absolute Gasteiger partial charge is 0.295 e. The van der Waals surface area contributed by atoms with E-state index in [0.29, 0.717) is 0 Å². The third kappa shape index (κ3) is 3.15. The van der Waals surface area contributed by atoms with Crippen molar-refractivity contribution in [3.8, 4) is 0 Å². The van der Waals surface area contributed by atoms with Crippen LogP contribution in [0.5, 0.6) is 0 Å². The van der Waals surface area contributed by atoms with Gasteiger partial charge < -0.3 is 4.84 Å². The van der Waals surface area contributed by atoms with Gasteiger partial charge in [-0.3, -0.25) is 0 Å². The molecule has 0 aromatic heterocycles. The zero-order chi connectivity index (χ0) is 16.7. The van der Waals surface area contributed by atoms with Crippen molar-refractivity contribution in [3.05, 3.63) is 66.6 Å². The van der Waals surface area contributed by atoms with Gasteiger partial charge in [-0.2, -0.15) is 0 Å². The number of hydrogen-bond donors (Lipinski definition) is 0. The molecule has 2 aromatic rings. The Morgan fingerprint density at radius 3 is 2.04 bits per heavy atom. The second-order valence-corrected chi connectivity index (χ2v) is 9.83. The van der Waals surface area contributed by atoms with Gasteiger partial charge in [0, 0.05) is 19.6 Å². The van der Waals surface area contributed by atoms with E-state index in [9.17, 15) is 10.1 Å². The monoisotopic (exact) mass is 393 g/mol. The highest BCUT2D eigenvalue weighted by atomic mass is 32.2. The Labute approximate surface area is 155 Å². The first-order valence-electron chi connectivity index (χ1n) is 7.10. The lowest BCUT2D eigenvalue weighted by Gasteiger charge is -2.10. The van der Waals surface area contributed by atoms with Crippen LogP contribution >= 0.6 is 47.0 Å². The summed E-state index contributed by atoms with van der Waals surface area (Å²) in [6.45, 7) is 1.69. The van der Waals surface area contributed by atoms with Crippen LogP contribution in [-0.4, -0.2) is 5.09 Å². The number of fused-ring (bicyclic) bond motifs is 2. The van der Waals surface area contributed by atoms with E-state index in [1.54, 1.807) is 30.4 Å². The van der Waals surface area contributed by atoms with Crippen LogP contribution in [0.25, 0.3) is 0 Å². The van der Waals surface area contributed by atoms with Crippen LogP contribution in [-0.2, 0) is 4.84 Å². The van der Waals surface area contributed by atoms with Crippen LogP contribution in [0.2, 0.25) is 0 Å². The molecule has 1 unspecified atom stereocenters. The van der Waals surface area contributed by atoms with E-state index in [4.69, 9.17) is 0 Å². The summed E-state index contributed by atoms with van der Waals surface area (Å²) in [6.07, 6.45) is -0.563. The van der Waals surface area contributed by atoms with E-state index >= 15 is 0 Å². The van der Waals surface area contributed by atoms with Gasteiger partial charge >= 0.3 is 0 Å². The quantitative estimate of drug-likeness (QED) is 0.456. The zero-order valence-corrected chi connectivity index (χ0v) is 15.7. The number of thioether (sulfide) groups is 4. The van der Waals surface area contributed by atoms with E-state index in [1.807, 2.05) is 41.7 Å². The predicted molar refractivity (Wildman–Crippen MR) is 99.8 cm³/mol. The highest BCUT2D eigenvalue weighted by Crippen LogP contribution is 2.61. The molecule has 2 aromatic carbocycles. The molecular weight excluding hydrogens is 382 g/mol. The molecule has 2 heterocycles. The van der Waals surface area contributed by atoms with Gasteiger partial charge in [0.05, 0.1) is 8.47 Å². The summed E-state index contributed by atoms with van der Waals surface area (Å²) in [5, 5.41) is 9.77. The maximum atomic E-state index is 10.5. The van der Waals surface area contributed by atoms with Gasteiger partial charge in [-0.05, 0) is 36.8 Å². The molecule has 0 N–H and O–H groups in total. The van der Waals surface area contributed by atoms with Crippen LogP contribution in [0.1, 0.15) is 18.6 Å². The van der Waals surface area contributed by atoms with Gasteiger partial charge in [-0.25, -0.2) is 0 Å². The van der Waals surface area contributed by atoms with Crippen molar-refractivity contribution in [1.82, 2.24) is 0 Å². The lowest BCUT2D eigenvalue weighted by molar-refractivity contribution is -0.770. The summed E-state index contributed by atoms with van der Waals surface area (Å²) in [5.41, 5.74) is 0.819. The topological polar surface area (TPSA) is 52.4 Å². The highest BCUT2D eigenvalue weighted by molar-refractivity contribution is 8.30. The van der Waals surface area contributed by atoms with Crippen molar-refractivity contribution >= 4 is 47.0 Å². The molecule has 0 amide bonds. The molecule has 0 radical (unpaired) electrons. The molecule has 8 heteroatoms. The minimum Gasteiger partial charge on any atom is -0.306 e. The number of rotatable bonds is 3. The second-order valence-electron chi connectivity index (χ2n) is 5.11. The first-order valence-corrected chi connectivity index (χ1v) is 10.4. The molecule has 1 atom stereocenters. The third-order valence-corrected chi connectivity index (χ3v) is 9.13. The van der Waals surface area contributed by atoms with Gasteiger partial charge in [-0.1, -0.05) is 65.2 Å². The minimum atomic E-state index is -0.740. The summed E-state index contributed by atoms with van der Waals surface area (Å²) in [4.78, 5) is 20.1. The zero-order valence-electron chi connectivity index (χ0n) is 12.4. The molecule has 4 rings (SSSR count). The maximum absolute atomic E-state index is 10.5. The van der Waals surface area contributed by atoms with Crippen molar-refractivity contribution in [2.24, 2.45) is 0 Å². The Bertz CT molecular complexity index is 841. The third-order valence-electron chi connectivity index (χ3n) is 3.51. The molecule has 0 saturated carbocycles. The summed E-state index contributed by atoms with van der Waals surface area (Å²) < 4.78 is 2.58. The molecular formula is C16H11NO3S4. The minimum absolute atomic E-state index is 0.563. The van der Waals surface area contributed by atoms with E-state index < -0.39 is 11.2 Å². The normalized spacial score (nSPS) is 16.7. The Kier molecular flexibility index (Phi) is 4.46. The van der Waals surface area contributed by atoms with E-state index in [2.05, 4.69) is 29.1 Å². The van der Waals surface area contributed by atoms with Gasteiger partial charge in [0.2, 0.25) is 0 Å². The molecule has 0 aliphatic carbocycles. The van der Waals surface area contributed by atoms with Crippen LogP contribution in [0.15, 0.2) is 70.5 Å². The molecule has 2 aliphatic rings. The van der Waals surface area contributed by atoms with Crippen molar-refractivity contribution in [2.45, 2.75) is 32.6 Å². The van der Waals surface area contributed by atoms with E-state index in [0.717, 1.165) is 10.5 Å². The molecule has 0 bridgehead atoms. The first kappa shape index (κ1) is 16.3. The van der Waals surface area contributed by atoms with Crippen LogP contribution in [0.4, 0.5) is 0 Å². The van der Waals surface area contributed by atoms with Crippen molar-refractivity contribution in [1.29, 1.82) is 0 Å². The molecule has 0 spiro atoms. The highest BCUT2D eigenvalue weighted by Gasteiger charge is 2.27. The molecule has 24 heavy (non-hydrogen) atoms. The Morgan fingerprint density at radius 1 is 0.917 bits per heavy atom. The fourth-order valence-corrected chi connectivity index (χ4v) is 7.69. The standard InChI is InChI=1S/C16H11NO3S4/c1-9(20-17(18)19)10-6-7-13-14(8-10)24-16(23-13)15-21-11-4-2-3-5-12(11)22-15/h2-9H,1H3. The van der Waals surface area contributed by atoms with Crippen LogP contribution < -0.4 is 0 Å². The fourth-order valence-electron chi connectivity index (χ4n) is 2.36. The molecule has 4 nitrogen and oxygen atoms in total. The summed E-state index contributed by atoms with van der Waals surface area (Å²) in [5.74, 6) is 0. The van der Waals surface area contributed by atoms with Gasteiger partial charge in [-0.15, -0.1) is 10.1 Å². The molecule has 122 valence electrons. The van der Waals surface area contributed by atoms with Crippen molar-refractivity contribution in [3.63, 3.8) is 0 Å². The molecule has 0 fully saturated rings. The van der Waals surface area contributed by atoms with Crippen LogP contribution in [0.3, 0.4) is 0 Å². The van der Waals surface area contributed by atoms with E-state index in [-0.39, 0.29) is 0 Å². The van der Waals surface area contributed by atoms with E-state index in [1.165, 1.54) is 23.2 Å².